The molecule has 0 radical (unpaired) electrons. The summed E-state index contributed by atoms with van der Waals surface area (Å²) in [5.74, 6) is 0.699. The molecule has 0 amide bonds. The van der Waals surface area contributed by atoms with Gasteiger partial charge in [-0.2, -0.15) is 9.59 Å². The van der Waals surface area contributed by atoms with Crippen molar-refractivity contribution in [2.24, 2.45) is 11.7 Å². The van der Waals surface area contributed by atoms with Crippen LogP contribution in [-0.4, -0.2) is 46.8 Å². The summed E-state index contributed by atoms with van der Waals surface area (Å²) in [6, 6.07) is 9.24. The molecule has 7 heteroatoms. The SMILES string of the molecule is C.CC(C)CCN1Cc2ccccc2CC1C(N)CCCCB(O)O.O=C=O. The topological polar surface area (TPSA) is 104 Å². The maximum atomic E-state index is 8.96. The lowest BCUT2D eigenvalue weighted by Crippen LogP contribution is -2.51. The Kier molecular flexibility index (Phi) is 13.7. The Morgan fingerprint density at radius 2 is 1.79 bits per heavy atom. The van der Waals surface area contributed by atoms with Crippen LogP contribution in [0.3, 0.4) is 0 Å². The molecule has 0 spiro atoms. The first-order valence-corrected chi connectivity index (χ1v) is 9.80. The number of hydrogen-bond donors (Lipinski definition) is 3. The first-order chi connectivity index (χ1) is 12.9. The van der Waals surface area contributed by atoms with Gasteiger partial charge in [0.2, 0.25) is 0 Å². The van der Waals surface area contributed by atoms with Gasteiger partial charge in [-0.1, -0.05) is 58.4 Å². The zero-order valence-corrected chi connectivity index (χ0v) is 16.5. The second-order valence-electron chi connectivity index (χ2n) is 7.71. The second-order valence-corrected chi connectivity index (χ2v) is 7.71. The molecule has 0 bridgehead atoms. The van der Waals surface area contributed by atoms with E-state index < -0.39 is 7.12 Å². The quantitative estimate of drug-likeness (QED) is 0.441. The Balaban J connectivity index is 0.00000171. The van der Waals surface area contributed by atoms with E-state index in [0.29, 0.717) is 18.3 Å². The van der Waals surface area contributed by atoms with E-state index in [1.54, 1.807) is 0 Å². The molecular weight excluding hydrogens is 355 g/mol. The van der Waals surface area contributed by atoms with Gasteiger partial charge < -0.3 is 15.8 Å². The first-order valence-electron chi connectivity index (χ1n) is 9.80. The van der Waals surface area contributed by atoms with Crippen LogP contribution >= 0.6 is 0 Å². The predicted molar refractivity (Wildman–Crippen MR) is 112 cm³/mol. The second kappa shape index (κ2) is 14.5. The lowest BCUT2D eigenvalue weighted by molar-refractivity contribution is -0.191. The number of nitrogens with zero attached hydrogens (tertiary/aromatic N) is 1. The van der Waals surface area contributed by atoms with Crippen LogP contribution in [0.2, 0.25) is 6.32 Å². The Bertz CT molecular complexity index is 577. The molecule has 2 unspecified atom stereocenters. The highest BCUT2D eigenvalue weighted by molar-refractivity contribution is 6.40. The smallest absolute Gasteiger partial charge is 0.427 e. The Labute approximate surface area is 170 Å². The minimum absolute atomic E-state index is 0. The molecule has 2 rings (SSSR count). The van der Waals surface area contributed by atoms with E-state index in [-0.39, 0.29) is 19.6 Å². The van der Waals surface area contributed by atoms with E-state index in [2.05, 4.69) is 43.0 Å². The number of fused-ring (bicyclic) bond motifs is 1. The summed E-state index contributed by atoms with van der Waals surface area (Å²) >= 11 is 0. The molecule has 1 aromatic rings. The van der Waals surface area contributed by atoms with Gasteiger partial charge in [0.15, 0.2) is 0 Å². The van der Waals surface area contributed by atoms with Crippen LogP contribution in [0.4, 0.5) is 0 Å². The average molecular weight is 392 g/mol. The van der Waals surface area contributed by atoms with Crippen molar-refractivity contribution in [3.8, 4) is 0 Å². The highest BCUT2D eigenvalue weighted by atomic mass is 16.4. The van der Waals surface area contributed by atoms with Crippen molar-refractivity contribution >= 4 is 13.3 Å². The van der Waals surface area contributed by atoms with Crippen LogP contribution < -0.4 is 5.73 Å². The van der Waals surface area contributed by atoms with Crippen LogP contribution in [0, 0.1) is 5.92 Å². The highest BCUT2D eigenvalue weighted by Crippen LogP contribution is 2.26. The van der Waals surface area contributed by atoms with Gasteiger partial charge >= 0.3 is 13.3 Å². The minimum Gasteiger partial charge on any atom is -0.427 e. The average Bonchev–Trinajstić information content (AvgIpc) is 2.63. The summed E-state index contributed by atoms with van der Waals surface area (Å²) in [5, 5.41) is 17.9. The number of carbonyl (C=O) groups excluding carboxylic acids is 2. The molecule has 0 saturated carbocycles. The summed E-state index contributed by atoms with van der Waals surface area (Å²) in [5.41, 5.74) is 9.43. The molecule has 1 aliphatic heterocycles. The lowest BCUT2D eigenvalue weighted by atomic mass is 9.82. The predicted octanol–water partition coefficient (Wildman–Crippen LogP) is 2.48. The molecule has 0 aliphatic carbocycles. The van der Waals surface area contributed by atoms with Crippen molar-refractivity contribution < 1.29 is 19.6 Å². The van der Waals surface area contributed by atoms with E-state index in [0.717, 1.165) is 38.8 Å². The van der Waals surface area contributed by atoms with Crippen molar-refractivity contribution in [2.45, 2.75) is 78.3 Å². The van der Waals surface area contributed by atoms with Gasteiger partial charge in [-0.15, -0.1) is 0 Å². The zero-order chi connectivity index (χ0) is 20.2. The van der Waals surface area contributed by atoms with Gasteiger partial charge in [-0.3, -0.25) is 4.90 Å². The van der Waals surface area contributed by atoms with Gasteiger partial charge in [-0.25, -0.2) is 0 Å². The largest absolute Gasteiger partial charge is 0.451 e. The number of nitrogens with two attached hydrogens (primary N) is 1. The minimum atomic E-state index is -1.19. The molecule has 28 heavy (non-hydrogen) atoms. The fourth-order valence-electron chi connectivity index (χ4n) is 3.59. The van der Waals surface area contributed by atoms with E-state index in [4.69, 9.17) is 25.4 Å². The molecule has 0 aromatic heterocycles. The standard InChI is InChI=1S/C19H33BN2O2.CO2.CH4/c1-15(2)10-12-22-14-17-8-4-3-7-16(17)13-19(22)18(21)9-5-6-11-20(23)24;2-1-3;/h3-4,7-8,15,18-19,23-24H,5-6,9-14,21H2,1-2H3;;1H4. The van der Waals surface area contributed by atoms with Crippen molar-refractivity contribution in [2.75, 3.05) is 6.54 Å². The van der Waals surface area contributed by atoms with Crippen LogP contribution in [0.5, 0.6) is 0 Å². The molecule has 1 heterocycles. The van der Waals surface area contributed by atoms with Crippen LogP contribution in [0.1, 0.15) is 58.1 Å². The van der Waals surface area contributed by atoms with Crippen LogP contribution in [0.15, 0.2) is 24.3 Å². The van der Waals surface area contributed by atoms with E-state index >= 15 is 0 Å². The Morgan fingerprint density at radius 1 is 1.18 bits per heavy atom. The number of rotatable bonds is 9. The molecule has 158 valence electrons. The zero-order valence-electron chi connectivity index (χ0n) is 16.5. The van der Waals surface area contributed by atoms with Gasteiger partial charge in [-0.05, 0) is 49.2 Å². The van der Waals surface area contributed by atoms with Gasteiger partial charge in [0, 0.05) is 18.6 Å². The molecule has 0 fully saturated rings. The van der Waals surface area contributed by atoms with Crippen molar-refractivity contribution in [3.05, 3.63) is 35.4 Å². The third kappa shape index (κ3) is 9.62. The highest BCUT2D eigenvalue weighted by Gasteiger charge is 2.30. The molecule has 1 aromatic carbocycles. The maximum absolute atomic E-state index is 8.96. The summed E-state index contributed by atoms with van der Waals surface area (Å²) < 4.78 is 0. The third-order valence-electron chi connectivity index (χ3n) is 5.13. The van der Waals surface area contributed by atoms with E-state index in [9.17, 15) is 0 Å². The lowest BCUT2D eigenvalue weighted by Gasteiger charge is -2.40. The van der Waals surface area contributed by atoms with Crippen molar-refractivity contribution in [3.63, 3.8) is 0 Å². The fourth-order valence-corrected chi connectivity index (χ4v) is 3.59. The van der Waals surface area contributed by atoms with Gasteiger partial charge in [0.05, 0.1) is 0 Å². The molecular formula is C21H37BN2O4. The van der Waals surface area contributed by atoms with Gasteiger partial charge in [0.1, 0.15) is 0 Å². The summed E-state index contributed by atoms with van der Waals surface area (Å²) in [6.45, 7) is 6.64. The molecule has 2 atom stereocenters. The molecule has 6 nitrogen and oxygen atoms in total. The molecule has 0 saturated heterocycles. The Hall–Kier alpha value is -1.50. The molecule has 1 aliphatic rings. The van der Waals surface area contributed by atoms with Gasteiger partial charge in [0.25, 0.3) is 0 Å². The van der Waals surface area contributed by atoms with Crippen LogP contribution in [0.25, 0.3) is 0 Å². The van der Waals surface area contributed by atoms with Crippen LogP contribution in [-0.2, 0) is 22.6 Å². The monoisotopic (exact) mass is 392 g/mol. The maximum Gasteiger partial charge on any atom is 0.451 e. The summed E-state index contributed by atoms with van der Waals surface area (Å²) in [6.07, 6.45) is 5.63. The van der Waals surface area contributed by atoms with Crippen molar-refractivity contribution in [1.82, 2.24) is 4.90 Å². The third-order valence-corrected chi connectivity index (χ3v) is 5.13. The number of benzene rings is 1. The van der Waals surface area contributed by atoms with Crippen molar-refractivity contribution in [1.29, 1.82) is 0 Å². The fraction of sp³-hybridized carbons (Fsp3) is 0.667. The normalized spacial score (nSPS) is 16.9. The summed E-state index contributed by atoms with van der Waals surface area (Å²) in [4.78, 5) is 18.8. The Morgan fingerprint density at radius 3 is 2.36 bits per heavy atom. The molecule has 4 N–H and O–H groups in total. The number of unbranched alkanes of at least 4 members (excludes halogenated alkanes) is 1. The number of hydrogen-bond acceptors (Lipinski definition) is 6. The van der Waals surface area contributed by atoms with E-state index in [1.165, 1.54) is 17.5 Å². The van der Waals surface area contributed by atoms with E-state index in [1.807, 2.05) is 0 Å². The summed E-state index contributed by atoms with van der Waals surface area (Å²) in [7, 11) is -1.19. The first kappa shape index (κ1) is 26.5.